The fourth-order valence-electron chi connectivity index (χ4n) is 0.995. The predicted molar refractivity (Wildman–Crippen MR) is 52.0 cm³/mol. The van der Waals surface area contributed by atoms with Gasteiger partial charge in [-0.2, -0.15) is 0 Å². The first kappa shape index (κ1) is 11.0. The summed E-state index contributed by atoms with van der Waals surface area (Å²) < 4.78 is 0. The highest BCUT2D eigenvalue weighted by molar-refractivity contribution is 7.10. The molecule has 1 aromatic heterocycles. The van der Waals surface area contributed by atoms with E-state index in [1.54, 1.807) is 5.38 Å². The molecule has 0 saturated heterocycles. The van der Waals surface area contributed by atoms with Crippen LogP contribution in [0, 0.1) is 0 Å². The lowest BCUT2D eigenvalue weighted by molar-refractivity contribution is -0.145. The molecular weight excluding hydrogens is 228 g/mol. The summed E-state index contributed by atoms with van der Waals surface area (Å²) in [5.41, 5.74) is 0. The molecule has 1 atom stereocenters. The maximum Gasteiger partial charge on any atom is 0.312 e. The van der Waals surface area contributed by atoms with Gasteiger partial charge in [0.15, 0.2) is 0 Å². The van der Waals surface area contributed by atoms with Gasteiger partial charge in [-0.15, -0.1) is 11.3 Å². The summed E-state index contributed by atoms with van der Waals surface area (Å²) in [6, 6.07) is 1.48. The van der Waals surface area contributed by atoms with Crippen molar-refractivity contribution in [2.45, 2.75) is 12.3 Å². The van der Waals surface area contributed by atoms with Gasteiger partial charge in [0.05, 0.1) is 11.4 Å². The van der Waals surface area contributed by atoms with E-state index in [1.165, 1.54) is 6.07 Å². The number of aliphatic carboxylic acids is 2. The lowest BCUT2D eigenvalue weighted by atomic mass is 10.0. The number of hydrogen-bond acceptors (Lipinski definition) is 3. The van der Waals surface area contributed by atoms with Gasteiger partial charge in [-0.25, -0.2) is 0 Å². The largest absolute Gasteiger partial charge is 0.481 e. The van der Waals surface area contributed by atoms with Crippen LogP contribution in [0.4, 0.5) is 0 Å². The van der Waals surface area contributed by atoms with Crippen molar-refractivity contribution in [1.29, 1.82) is 0 Å². The minimum atomic E-state index is -1.15. The number of halogens is 1. The summed E-state index contributed by atoms with van der Waals surface area (Å²) in [5.74, 6) is -3.29. The highest BCUT2D eigenvalue weighted by Crippen LogP contribution is 2.29. The number of hydrogen-bond donors (Lipinski definition) is 2. The van der Waals surface area contributed by atoms with E-state index in [4.69, 9.17) is 21.8 Å². The maximum atomic E-state index is 10.7. The average Bonchev–Trinajstić information content (AvgIpc) is 2.46. The summed E-state index contributed by atoms with van der Waals surface area (Å²) >= 11 is 6.77. The molecule has 0 aliphatic carbocycles. The van der Waals surface area contributed by atoms with Crippen LogP contribution < -0.4 is 0 Å². The maximum absolute atomic E-state index is 10.7. The molecule has 1 heterocycles. The van der Waals surface area contributed by atoms with Crippen molar-refractivity contribution >= 4 is 34.9 Å². The van der Waals surface area contributed by atoms with Crippen LogP contribution in [-0.2, 0) is 9.59 Å². The number of carboxylic acid groups (broad SMARTS) is 2. The van der Waals surface area contributed by atoms with Crippen molar-refractivity contribution in [3.05, 3.63) is 21.3 Å². The van der Waals surface area contributed by atoms with Gasteiger partial charge in [0, 0.05) is 10.3 Å². The zero-order chi connectivity index (χ0) is 10.7. The third-order valence-electron chi connectivity index (χ3n) is 1.61. The zero-order valence-corrected chi connectivity index (χ0v) is 8.51. The Kier molecular flexibility index (Phi) is 3.49. The minimum absolute atomic E-state index is 0.424. The van der Waals surface area contributed by atoms with Crippen molar-refractivity contribution in [3.8, 4) is 0 Å². The first-order valence-corrected chi connectivity index (χ1v) is 4.95. The van der Waals surface area contributed by atoms with Crippen LogP contribution in [0.1, 0.15) is 17.2 Å². The molecule has 2 N–H and O–H groups in total. The Bertz CT molecular complexity index is 360. The van der Waals surface area contributed by atoms with E-state index in [9.17, 15) is 9.59 Å². The van der Waals surface area contributed by atoms with Gasteiger partial charge in [-0.05, 0) is 6.07 Å². The molecule has 0 bridgehead atoms. The molecule has 4 nitrogen and oxygen atoms in total. The van der Waals surface area contributed by atoms with Crippen LogP contribution in [0.15, 0.2) is 11.4 Å². The van der Waals surface area contributed by atoms with Crippen molar-refractivity contribution in [3.63, 3.8) is 0 Å². The molecular formula is C8H7ClO4S. The Morgan fingerprint density at radius 1 is 1.50 bits per heavy atom. The smallest absolute Gasteiger partial charge is 0.312 e. The van der Waals surface area contributed by atoms with E-state index in [0.29, 0.717) is 9.90 Å². The van der Waals surface area contributed by atoms with Gasteiger partial charge in [-0.1, -0.05) is 11.6 Å². The first-order valence-electron chi connectivity index (χ1n) is 3.69. The van der Waals surface area contributed by atoms with Crippen LogP contribution in [0.25, 0.3) is 0 Å². The molecule has 0 aliphatic rings. The Hall–Kier alpha value is -1.07. The summed E-state index contributed by atoms with van der Waals surface area (Å²) in [6.07, 6.45) is -0.424. The van der Waals surface area contributed by atoms with Crippen LogP contribution in [0.5, 0.6) is 0 Å². The molecule has 14 heavy (non-hydrogen) atoms. The van der Waals surface area contributed by atoms with Gasteiger partial charge in [0.2, 0.25) is 0 Å². The lowest BCUT2D eigenvalue weighted by Crippen LogP contribution is -2.14. The highest BCUT2D eigenvalue weighted by Gasteiger charge is 2.24. The monoisotopic (exact) mass is 234 g/mol. The van der Waals surface area contributed by atoms with E-state index < -0.39 is 24.3 Å². The second-order valence-electron chi connectivity index (χ2n) is 2.66. The molecule has 0 aromatic carbocycles. The number of thiophene rings is 1. The van der Waals surface area contributed by atoms with Crippen LogP contribution in [0.2, 0.25) is 5.02 Å². The van der Waals surface area contributed by atoms with Crippen LogP contribution in [-0.4, -0.2) is 22.2 Å². The fraction of sp³-hybridized carbons (Fsp3) is 0.250. The van der Waals surface area contributed by atoms with Crippen LogP contribution >= 0.6 is 22.9 Å². The topological polar surface area (TPSA) is 74.6 Å². The van der Waals surface area contributed by atoms with E-state index in [0.717, 1.165) is 11.3 Å². The standard InChI is InChI=1S/C8H7ClO4S/c9-4-1-6(14-3-4)5(8(12)13)2-7(10)11/h1,3,5H,2H2,(H,10,11)(H,12,13). The molecule has 0 aliphatic heterocycles. The van der Waals surface area contributed by atoms with E-state index in [1.807, 2.05) is 0 Å². The second kappa shape index (κ2) is 4.43. The Morgan fingerprint density at radius 3 is 2.50 bits per heavy atom. The highest BCUT2D eigenvalue weighted by atomic mass is 35.5. The summed E-state index contributed by atoms with van der Waals surface area (Å²) in [5, 5.41) is 19.3. The predicted octanol–water partition coefficient (Wildman–Crippen LogP) is 2.04. The number of rotatable bonds is 4. The normalized spacial score (nSPS) is 12.4. The number of carbonyl (C=O) groups is 2. The third kappa shape index (κ3) is 2.71. The van der Waals surface area contributed by atoms with E-state index >= 15 is 0 Å². The molecule has 0 amide bonds. The molecule has 1 rings (SSSR count). The SMILES string of the molecule is O=C(O)CC(C(=O)O)c1cc(Cl)cs1. The molecule has 6 heteroatoms. The molecule has 0 spiro atoms. The quantitative estimate of drug-likeness (QED) is 0.836. The number of carboxylic acids is 2. The van der Waals surface area contributed by atoms with Gasteiger partial charge in [-0.3, -0.25) is 9.59 Å². The Morgan fingerprint density at radius 2 is 2.14 bits per heavy atom. The Labute approximate surface area is 88.7 Å². The van der Waals surface area contributed by atoms with Crippen molar-refractivity contribution < 1.29 is 19.8 Å². The molecule has 0 radical (unpaired) electrons. The Balaban J connectivity index is 2.88. The van der Waals surface area contributed by atoms with Gasteiger partial charge < -0.3 is 10.2 Å². The van der Waals surface area contributed by atoms with Crippen molar-refractivity contribution in [2.24, 2.45) is 0 Å². The summed E-state index contributed by atoms with van der Waals surface area (Å²) in [4.78, 5) is 21.6. The molecule has 1 aromatic rings. The van der Waals surface area contributed by atoms with Gasteiger partial charge in [0.1, 0.15) is 5.92 Å². The van der Waals surface area contributed by atoms with E-state index in [-0.39, 0.29) is 0 Å². The van der Waals surface area contributed by atoms with Gasteiger partial charge >= 0.3 is 11.9 Å². The van der Waals surface area contributed by atoms with Crippen molar-refractivity contribution in [2.75, 3.05) is 0 Å². The molecule has 0 saturated carbocycles. The minimum Gasteiger partial charge on any atom is -0.481 e. The van der Waals surface area contributed by atoms with Crippen molar-refractivity contribution in [1.82, 2.24) is 0 Å². The molecule has 76 valence electrons. The first-order chi connectivity index (χ1) is 6.50. The van der Waals surface area contributed by atoms with Gasteiger partial charge in [0.25, 0.3) is 0 Å². The molecule has 1 unspecified atom stereocenters. The lowest BCUT2D eigenvalue weighted by Gasteiger charge is -2.05. The zero-order valence-electron chi connectivity index (χ0n) is 6.94. The summed E-state index contributed by atoms with van der Waals surface area (Å²) in [7, 11) is 0. The van der Waals surface area contributed by atoms with E-state index in [2.05, 4.69) is 0 Å². The second-order valence-corrected chi connectivity index (χ2v) is 4.04. The fourth-order valence-corrected chi connectivity index (χ4v) is 2.17. The summed E-state index contributed by atoms with van der Waals surface area (Å²) in [6.45, 7) is 0. The average molecular weight is 235 g/mol. The molecule has 0 fully saturated rings. The third-order valence-corrected chi connectivity index (χ3v) is 3.00. The van der Waals surface area contributed by atoms with Crippen LogP contribution in [0.3, 0.4) is 0 Å².